The lowest BCUT2D eigenvalue weighted by Crippen LogP contribution is -2.17. The highest BCUT2D eigenvalue weighted by molar-refractivity contribution is 6.04. The highest BCUT2D eigenvalue weighted by Gasteiger charge is 2.26. The van der Waals surface area contributed by atoms with Crippen molar-refractivity contribution in [1.82, 2.24) is 4.98 Å². The number of carbonyl (C=O) groups is 2. The molecule has 35 heavy (non-hydrogen) atoms. The average Bonchev–Trinajstić information content (AvgIpc) is 3.53. The monoisotopic (exact) mass is 486 g/mol. The highest BCUT2D eigenvalue weighted by Crippen LogP contribution is 2.37. The number of amides is 2. The molecule has 3 aromatic rings. The molecule has 0 aliphatic heterocycles. The Bertz CT molecular complexity index is 1220. The number of anilines is 1. The van der Waals surface area contributed by atoms with Crippen LogP contribution >= 0.6 is 0 Å². The molecule has 0 spiro atoms. The Kier molecular flexibility index (Phi) is 6.97. The van der Waals surface area contributed by atoms with Gasteiger partial charge in [-0.15, -0.1) is 0 Å². The summed E-state index contributed by atoms with van der Waals surface area (Å²) in [5, 5.41) is 2.67. The van der Waals surface area contributed by atoms with Gasteiger partial charge in [0.1, 0.15) is 0 Å². The first-order chi connectivity index (χ1) is 16.7. The third kappa shape index (κ3) is 5.93. The smallest absolute Gasteiger partial charge is 0.387 e. The van der Waals surface area contributed by atoms with Crippen LogP contribution in [0.1, 0.15) is 52.4 Å². The molecule has 1 aliphatic carbocycles. The van der Waals surface area contributed by atoms with Crippen LogP contribution in [0.4, 0.5) is 14.5 Å². The van der Waals surface area contributed by atoms with Crippen molar-refractivity contribution in [1.29, 1.82) is 0 Å². The largest absolute Gasteiger partial charge is 0.489 e. The fourth-order valence-corrected chi connectivity index (χ4v) is 3.27. The number of hydrogen-bond donors (Lipinski definition) is 3. The maximum absolute atomic E-state index is 12.9. The van der Waals surface area contributed by atoms with E-state index in [9.17, 15) is 18.4 Å². The Morgan fingerprint density at radius 2 is 1.89 bits per heavy atom. The van der Waals surface area contributed by atoms with Gasteiger partial charge >= 0.3 is 6.61 Å². The van der Waals surface area contributed by atoms with E-state index < -0.39 is 24.5 Å². The van der Waals surface area contributed by atoms with Gasteiger partial charge in [-0.2, -0.15) is 8.78 Å². The standard InChI is InChI=1S/C24H24F2N4O5/c1-12(27)20-19(22(32)29-16-7-4-14(5-8-16)21(28)31)30-23(35-20)15-6-9-17(34-24(25)26)18(10-15)33-11-13-2-3-13/h4-10,12-13,24H,2-3,11,27H2,1H3,(H2,28,31)(H,29,32)/t12-/m0/s1. The topological polar surface area (TPSA) is 143 Å². The third-order valence-electron chi connectivity index (χ3n) is 5.29. The van der Waals surface area contributed by atoms with Gasteiger partial charge < -0.3 is 30.7 Å². The number of oxazole rings is 1. The third-order valence-corrected chi connectivity index (χ3v) is 5.29. The van der Waals surface area contributed by atoms with Crippen LogP contribution in [0.15, 0.2) is 46.9 Å². The number of hydrogen-bond acceptors (Lipinski definition) is 7. The van der Waals surface area contributed by atoms with Crippen molar-refractivity contribution in [2.75, 3.05) is 11.9 Å². The van der Waals surface area contributed by atoms with Crippen LogP contribution in [-0.2, 0) is 0 Å². The molecule has 184 valence electrons. The fraction of sp³-hybridized carbons (Fsp3) is 0.292. The van der Waals surface area contributed by atoms with Gasteiger partial charge in [-0.25, -0.2) is 4.98 Å². The molecule has 5 N–H and O–H groups in total. The van der Waals surface area contributed by atoms with Crippen LogP contribution in [0.5, 0.6) is 11.5 Å². The number of ether oxygens (including phenoxy) is 2. The van der Waals surface area contributed by atoms with Gasteiger partial charge in [0.05, 0.1) is 12.6 Å². The van der Waals surface area contributed by atoms with E-state index in [-0.39, 0.29) is 28.8 Å². The number of rotatable bonds is 10. The van der Waals surface area contributed by atoms with Crippen LogP contribution in [0.25, 0.3) is 11.5 Å². The van der Waals surface area contributed by atoms with Gasteiger partial charge in [-0.1, -0.05) is 0 Å². The summed E-state index contributed by atoms with van der Waals surface area (Å²) in [6.07, 6.45) is 2.04. The van der Waals surface area contributed by atoms with Crippen molar-refractivity contribution >= 4 is 17.5 Å². The number of nitrogens with zero attached hydrogens (tertiary/aromatic N) is 1. The molecule has 1 atom stereocenters. The lowest BCUT2D eigenvalue weighted by atomic mass is 10.2. The second-order valence-electron chi connectivity index (χ2n) is 8.21. The molecule has 0 radical (unpaired) electrons. The average molecular weight is 486 g/mol. The Labute approximate surface area is 199 Å². The van der Waals surface area contributed by atoms with Crippen molar-refractivity contribution in [2.24, 2.45) is 17.4 Å². The molecule has 2 aromatic carbocycles. The van der Waals surface area contributed by atoms with Gasteiger partial charge in [0.15, 0.2) is 23.0 Å². The Balaban J connectivity index is 1.61. The summed E-state index contributed by atoms with van der Waals surface area (Å²) in [4.78, 5) is 28.5. The van der Waals surface area contributed by atoms with Gasteiger partial charge in [-0.3, -0.25) is 9.59 Å². The quantitative estimate of drug-likeness (QED) is 0.391. The van der Waals surface area contributed by atoms with Crippen LogP contribution < -0.4 is 26.3 Å². The first-order valence-corrected chi connectivity index (χ1v) is 10.9. The Morgan fingerprint density at radius 3 is 2.49 bits per heavy atom. The lowest BCUT2D eigenvalue weighted by Gasteiger charge is -2.12. The van der Waals surface area contributed by atoms with Crippen LogP contribution in [0.3, 0.4) is 0 Å². The highest BCUT2D eigenvalue weighted by atomic mass is 19.3. The summed E-state index contributed by atoms with van der Waals surface area (Å²) in [6, 6.07) is 9.62. The van der Waals surface area contributed by atoms with Crippen LogP contribution in [0, 0.1) is 5.92 Å². The number of nitrogens with two attached hydrogens (primary N) is 2. The second-order valence-corrected chi connectivity index (χ2v) is 8.21. The summed E-state index contributed by atoms with van der Waals surface area (Å²) in [5.41, 5.74) is 12.3. The number of benzene rings is 2. The minimum Gasteiger partial charge on any atom is -0.489 e. The van der Waals surface area contributed by atoms with E-state index in [1.165, 1.54) is 42.5 Å². The molecule has 1 aliphatic rings. The van der Waals surface area contributed by atoms with E-state index in [1.54, 1.807) is 6.92 Å². The summed E-state index contributed by atoms with van der Waals surface area (Å²) in [5.74, 6) is -0.574. The van der Waals surface area contributed by atoms with Gasteiger partial charge in [0.25, 0.3) is 5.91 Å². The number of aromatic nitrogens is 1. The zero-order valence-corrected chi connectivity index (χ0v) is 18.8. The van der Waals surface area contributed by atoms with Crippen LogP contribution in [0.2, 0.25) is 0 Å². The molecule has 0 saturated heterocycles. The SMILES string of the molecule is C[C@H](N)c1oc(-c2ccc(OC(F)F)c(OCC3CC3)c2)nc1C(=O)Nc1ccc(C(N)=O)cc1. The molecule has 1 heterocycles. The molecule has 11 heteroatoms. The molecular formula is C24H24F2N4O5. The first kappa shape index (κ1) is 24.1. The Hall–Kier alpha value is -3.99. The van der Waals surface area contributed by atoms with E-state index in [0.29, 0.717) is 29.3 Å². The van der Waals surface area contributed by atoms with Crippen molar-refractivity contribution < 1.29 is 32.3 Å². The maximum Gasteiger partial charge on any atom is 0.387 e. The molecule has 1 saturated carbocycles. The van der Waals surface area contributed by atoms with Crippen molar-refractivity contribution in [3.8, 4) is 23.0 Å². The predicted octanol–water partition coefficient (Wildman–Crippen LogP) is 4.10. The Morgan fingerprint density at radius 1 is 1.17 bits per heavy atom. The summed E-state index contributed by atoms with van der Waals surface area (Å²) in [7, 11) is 0. The van der Waals surface area contributed by atoms with Gasteiger partial charge in [-0.05, 0) is 68.1 Å². The molecular weight excluding hydrogens is 462 g/mol. The van der Waals surface area contributed by atoms with E-state index in [4.69, 9.17) is 20.6 Å². The summed E-state index contributed by atoms with van der Waals surface area (Å²) in [6.45, 7) is -1.00. The van der Waals surface area contributed by atoms with Gasteiger partial charge in [0.2, 0.25) is 11.8 Å². The minimum atomic E-state index is -3.01. The van der Waals surface area contributed by atoms with E-state index in [2.05, 4.69) is 15.0 Å². The van der Waals surface area contributed by atoms with E-state index in [1.807, 2.05) is 0 Å². The van der Waals surface area contributed by atoms with Crippen molar-refractivity contribution in [3.63, 3.8) is 0 Å². The summed E-state index contributed by atoms with van der Waals surface area (Å²) < 4.78 is 41.7. The number of primary amides is 1. The number of alkyl halides is 2. The summed E-state index contributed by atoms with van der Waals surface area (Å²) >= 11 is 0. The van der Waals surface area contributed by atoms with Crippen molar-refractivity contribution in [2.45, 2.75) is 32.4 Å². The molecule has 1 fully saturated rings. The second kappa shape index (κ2) is 10.1. The number of halogens is 2. The molecule has 2 amide bonds. The normalized spacial score (nSPS) is 14.0. The van der Waals surface area contributed by atoms with Gasteiger partial charge in [0, 0.05) is 16.8 Å². The maximum atomic E-state index is 12.9. The van der Waals surface area contributed by atoms with Crippen molar-refractivity contribution in [3.05, 3.63) is 59.5 Å². The number of nitrogens with one attached hydrogen (secondary N) is 1. The number of carbonyl (C=O) groups excluding carboxylic acids is 2. The zero-order chi connectivity index (χ0) is 25.1. The van der Waals surface area contributed by atoms with E-state index in [0.717, 1.165) is 12.8 Å². The molecule has 1 aromatic heterocycles. The molecule has 0 unspecified atom stereocenters. The first-order valence-electron chi connectivity index (χ1n) is 10.9. The lowest BCUT2D eigenvalue weighted by molar-refractivity contribution is -0.0515. The molecule has 4 rings (SSSR count). The van der Waals surface area contributed by atoms with Crippen LogP contribution in [-0.4, -0.2) is 30.0 Å². The predicted molar refractivity (Wildman–Crippen MR) is 122 cm³/mol. The molecule has 0 bridgehead atoms. The zero-order valence-electron chi connectivity index (χ0n) is 18.8. The molecule has 9 nitrogen and oxygen atoms in total. The fourth-order valence-electron chi connectivity index (χ4n) is 3.27. The minimum absolute atomic E-state index is 0.0395. The van der Waals surface area contributed by atoms with E-state index >= 15 is 0 Å².